The van der Waals surface area contributed by atoms with E-state index in [-0.39, 0.29) is 1.43 Å². The van der Waals surface area contributed by atoms with Crippen LogP contribution in [0, 0.1) is 6.92 Å². The van der Waals surface area contributed by atoms with Crippen LogP contribution in [0.1, 0.15) is 12.6 Å². The summed E-state index contributed by atoms with van der Waals surface area (Å²) in [5, 5.41) is 8.24. The van der Waals surface area contributed by atoms with Crippen LogP contribution in [0.25, 0.3) is 16.7 Å². The molecule has 0 atom stereocenters. The van der Waals surface area contributed by atoms with E-state index in [1.54, 1.807) is 18.1 Å². The number of rotatable bonds is 6. The Bertz CT molecular complexity index is 1240. The Balaban J connectivity index is 0.000000237. The van der Waals surface area contributed by atoms with E-state index >= 15 is 0 Å². The fourth-order valence-corrected chi connectivity index (χ4v) is 4.24. The number of hydrogen-bond donors (Lipinski definition) is 1. The highest BCUT2D eigenvalue weighted by Gasteiger charge is 2.19. The maximum absolute atomic E-state index is 9.99. The molecule has 8 nitrogen and oxygen atoms in total. The number of nitrogens with one attached hydrogen (secondary N) is 1. The van der Waals surface area contributed by atoms with Gasteiger partial charge in [0.2, 0.25) is 6.41 Å². The molecule has 2 aromatic heterocycles. The highest BCUT2D eigenvalue weighted by atomic mass is 32.2. The van der Waals surface area contributed by atoms with Crippen LogP contribution in [0.2, 0.25) is 0 Å². The number of thioether (sulfide) groups is 1. The number of aromatic nitrogens is 4. The average molecular weight is 492 g/mol. The van der Waals surface area contributed by atoms with Crippen LogP contribution in [-0.2, 0) is 11.3 Å². The summed E-state index contributed by atoms with van der Waals surface area (Å²) in [5.41, 5.74) is 4.15. The topological polar surface area (TPSA) is 79.2 Å². The molecule has 1 saturated heterocycles. The first-order valence-electron chi connectivity index (χ1n) is 11.6. The lowest BCUT2D eigenvalue weighted by molar-refractivity contribution is -0.109. The zero-order valence-electron chi connectivity index (χ0n) is 20.4. The molecule has 1 N–H and O–H groups in total. The lowest BCUT2D eigenvalue weighted by atomic mass is 10.2. The molecule has 4 aromatic rings. The van der Waals surface area contributed by atoms with E-state index in [4.69, 9.17) is 0 Å². The Morgan fingerprint density at radius 1 is 1.03 bits per heavy atom. The molecule has 0 bridgehead atoms. The van der Waals surface area contributed by atoms with Crippen molar-refractivity contribution < 1.29 is 6.22 Å². The van der Waals surface area contributed by atoms with Crippen molar-refractivity contribution in [1.82, 2.24) is 30.0 Å². The Hall–Kier alpha value is -3.43. The van der Waals surface area contributed by atoms with E-state index in [2.05, 4.69) is 68.4 Å². The Morgan fingerprint density at radius 3 is 2.40 bits per heavy atom. The zero-order valence-corrected chi connectivity index (χ0v) is 21.2. The standard InChI is InChI=1S/C17H20N6.C9H11NOS.H2/c1-13-3-5-14(6-4-13)23-11-15-16(20-23)18-12-19-17(15)22-9-7-21(2)8-10-22;1-12-9-4-2-8(3-5-9)6-10-7-11;/h3-6,11-12H,7-10H2,1-2H3;2-5,7H,6H2,1H3,(H,10,11);1H. The quantitative estimate of drug-likeness (QED) is 0.325. The lowest BCUT2D eigenvalue weighted by Crippen LogP contribution is -2.44. The summed E-state index contributed by atoms with van der Waals surface area (Å²) < 4.78 is 1.89. The summed E-state index contributed by atoms with van der Waals surface area (Å²) >= 11 is 1.71. The molecule has 0 saturated carbocycles. The van der Waals surface area contributed by atoms with Gasteiger partial charge in [0.05, 0.1) is 11.1 Å². The predicted molar refractivity (Wildman–Crippen MR) is 144 cm³/mol. The molecule has 1 fully saturated rings. The van der Waals surface area contributed by atoms with Gasteiger partial charge < -0.3 is 15.1 Å². The molecule has 2 aromatic carbocycles. The van der Waals surface area contributed by atoms with Gasteiger partial charge in [-0.2, -0.15) is 0 Å². The van der Waals surface area contributed by atoms with E-state index in [1.807, 2.05) is 41.4 Å². The molecule has 9 heteroatoms. The number of carbonyl (C=O) groups is 1. The van der Waals surface area contributed by atoms with Gasteiger partial charge in [0.1, 0.15) is 12.1 Å². The first-order chi connectivity index (χ1) is 17.1. The van der Waals surface area contributed by atoms with Crippen LogP contribution in [-0.4, -0.2) is 70.5 Å². The third kappa shape index (κ3) is 6.37. The second kappa shape index (κ2) is 11.8. The number of nitrogens with zero attached hydrogens (tertiary/aromatic N) is 6. The molecule has 0 spiro atoms. The van der Waals surface area contributed by atoms with Gasteiger partial charge in [0.25, 0.3) is 0 Å². The molecule has 1 aliphatic rings. The molecule has 3 heterocycles. The summed E-state index contributed by atoms with van der Waals surface area (Å²) in [5.74, 6) is 0.987. The van der Waals surface area contributed by atoms with E-state index in [0.29, 0.717) is 13.0 Å². The summed E-state index contributed by atoms with van der Waals surface area (Å²) in [6.45, 7) is 6.77. The molecule has 5 rings (SSSR count). The van der Waals surface area contributed by atoms with Crippen molar-refractivity contribution in [1.29, 1.82) is 0 Å². The Kier molecular flexibility index (Phi) is 8.33. The lowest BCUT2D eigenvalue weighted by Gasteiger charge is -2.33. The number of piperazine rings is 1. The fraction of sp³-hybridized carbons (Fsp3) is 0.308. The van der Waals surface area contributed by atoms with Gasteiger partial charge in [-0.1, -0.05) is 29.8 Å². The van der Waals surface area contributed by atoms with Crippen LogP contribution in [0.3, 0.4) is 0 Å². The normalized spacial score (nSPS) is 13.9. The zero-order chi connectivity index (χ0) is 24.6. The summed E-state index contributed by atoms with van der Waals surface area (Å²) in [7, 11) is 2.16. The maximum atomic E-state index is 9.99. The van der Waals surface area contributed by atoms with Gasteiger partial charge in [-0.25, -0.2) is 14.6 Å². The van der Waals surface area contributed by atoms with Crippen LogP contribution >= 0.6 is 11.8 Å². The van der Waals surface area contributed by atoms with Gasteiger partial charge in [0, 0.05) is 45.2 Å². The van der Waals surface area contributed by atoms with Crippen LogP contribution in [0.4, 0.5) is 5.82 Å². The second-order valence-electron chi connectivity index (χ2n) is 8.48. The third-order valence-electron chi connectivity index (χ3n) is 5.95. The smallest absolute Gasteiger partial charge is 0.207 e. The highest BCUT2D eigenvalue weighted by molar-refractivity contribution is 7.98. The fourth-order valence-electron chi connectivity index (χ4n) is 3.83. The van der Waals surface area contributed by atoms with Gasteiger partial charge in [0.15, 0.2) is 5.65 Å². The highest BCUT2D eigenvalue weighted by Crippen LogP contribution is 2.24. The molecule has 0 aliphatic carbocycles. The number of aryl methyl sites for hydroxylation is 1. The minimum Gasteiger partial charge on any atom is -0.355 e. The molecule has 0 radical (unpaired) electrons. The minimum atomic E-state index is 0. The number of fused-ring (bicyclic) bond motifs is 1. The molecule has 184 valence electrons. The Morgan fingerprint density at radius 2 is 1.74 bits per heavy atom. The van der Waals surface area contributed by atoms with E-state index < -0.39 is 0 Å². The van der Waals surface area contributed by atoms with Gasteiger partial charge in [-0.05, 0) is 50.1 Å². The molecular weight excluding hydrogens is 458 g/mol. The molecule has 1 amide bonds. The van der Waals surface area contributed by atoms with E-state index in [9.17, 15) is 4.79 Å². The van der Waals surface area contributed by atoms with Crippen molar-refractivity contribution in [2.24, 2.45) is 0 Å². The first kappa shape index (κ1) is 24.7. The van der Waals surface area contributed by atoms with E-state index in [0.717, 1.165) is 54.3 Å². The predicted octanol–water partition coefficient (Wildman–Crippen LogP) is 3.78. The molecule has 35 heavy (non-hydrogen) atoms. The maximum Gasteiger partial charge on any atom is 0.207 e. The van der Waals surface area contributed by atoms with Crippen molar-refractivity contribution in [2.45, 2.75) is 18.4 Å². The second-order valence-corrected chi connectivity index (χ2v) is 9.36. The number of hydrogen-bond acceptors (Lipinski definition) is 7. The molecular formula is C26H33N7OS. The molecule has 1 aliphatic heterocycles. The van der Waals surface area contributed by atoms with Crippen LogP contribution < -0.4 is 10.2 Å². The number of carbonyl (C=O) groups excluding carboxylic acids is 1. The summed E-state index contributed by atoms with van der Waals surface area (Å²) in [4.78, 5) is 24.7. The van der Waals surface area contributed by atoms with Crippen molar-refractivity contribution >= 4 is 35.0 Å². The number of amides is 1. The van der Waals surface area contributed by atoms with Crippen molar-refractivity contribution in [3.8, 4) is 5.69 Å². The minimum absolute atomic E-state index is 0. The number of anilines is 1. The van der Waals surface area contributed by atoms with E-state index in [1.165, 1.54) is 10.5 Å². The van der Waals surface area contributed by atoms with Crippen molar-refractivity contribution in [3.05, 3.63) is 72.2 Å². The summed E-state index contributed by atoms with van der Waals surface area (Å²) in [6.07, 6.45) is 6.40. The third-order valence-corrected chi connectivity index (χ3v) is 6.69. The number of likely N-dealkylation sites (N-methyl/N-ethyl adjacent to an activating group) is 1. The molecule has 0 unspecified atom stereocenters. The first-order valence-corrected chi connectivity index (χ1v) is 12.8. The van der Waals surface area contributed by atoms with Crippen LogP contribution in [0.5, 0.6) is 0 Å². The Labute approximate surface area is 211 Å². The van der Waals surface area contributed by atoms with Crippen LogP contribution in [0.15, 0.2) is 66.0 Å². The monoisotopic (exact) mass is 491 g/mol. The van der Waals surface area contributed by atoms with Gasteiger partial charge >= 0.3 is 0 Å². The van der Waals surface area contributed by atoms with Gasteiger partial charge in [-0.15, -0.1) is 16.9 Å². The van der Waals surface area contributed by atoms with Gasteiger partial charge in [-0.3, -0.25) is 4.79 Å². The number of benzene rings is 2. The largest absolute Gasteiger partial charge is 0.355 e. The summed E-state index contributed by atoms with van der Waals surface area (Å²) in [6, 6.07) is 16.5. The SMILES string of the molecule is CSc1ccc(CNC=O)cc1.Cc1ccc(-n2cc3c(N4CCN(C)CC4)ncnc3n2)cc1.[HH]. The van der Waals surface area contributed by atoms with Crippen molar-refractivity contribution in [3.63, 3.8) is 0 Å². The average Bonchev–Trinajstić information content (AvgIpc) is 3.34. The van der Waals surface area contributed by atoms with Crippen molar-refractivity contribution in [2.75, 3.05) is 44.4 Å².